The summed E-state index contributed by atoms with van der Waals surface area (Å²) < 4.78 is 43.3. The van der Waals surface area contributed by atoms with E-state index in [4.69, 9.17) is 13.9 Å². The smallest absolute Gasteiger partial charge is 0.419 e. The van der Waals surface area contributed by atoms with Crippen molar-refractivity contribution in [2.75, 3.05) is 20.8 Å². The largest absolute Gasteiger partial charge is 0.468 e. The molecule has 2 aromatic rings. The molecule has 0 amide bonds. The number of esters is 1. The van der Waals surface area contributed by atoms with Crippen LogP contribution in [0.1, 0.15) is 6.42 Å². The zero-order valence-electron chi connectivity index (χ0n) is 14.0. The standard InChI is InChI=1S/C15H18N2O7S/c1-16-11-7-10(4-5-13(11)24-15(16)19)25(20,21)17-8-9(22-2)6-12(17)14(18)23-3/h4-5,7,9,12H,6,8H2,1-3H3/t9-,12-/m0/s1. The third-order valence-electron chi connectivity index (χ3n) is 4.39. The number of hydrogen-bond donors (Lipinski definition) is 0. The Labute approximate surface area is 143 Å². The molecule has 0 unspecified atom stereocenters. The monoisotopic (exact) mass is 370 g/mol. The van der Waals surface area contributed by atoms with Crippen molar-refractivity contribution in [2.45, 2.75) is 23.5 Å². The zero-order valence-corrected chi connectivity index (χ0v) is 14.8. The van der Waals surface area contributed by atoms with Gasteiger partial charge in [-0.2, -0.15) is 4.31 Å². The van der Waals surface area contributed by atoms with Gasteiger partial charge in [0.15, 0.2) is 5.58 Å². The number of hydrogen-bond acceptors (Lipinski definition) is 7. The summed E-state index contributed by atoms with van der Waals surface area (Å²) in [5.41, 5.74) is 0.635. The molecule has 0 bridgehead atoms. The Morgan fingerprint density at radius 3 is 2.68 bits per heavy atom. The minimum atomic E-state index is -3.99. The molecular formula is C15H18N2O7S. The van der Waals surface area contributed by atoms with Gasteiger partial charge in [-0.1, -0.05) is 0 Å². The van der Waals surface area contributed by atoms with Gasteiger partial charge < -0.3 is 13.9 Å². The number of nitrogens with zero attached hydrogens (tertiary/aromatic N) is 2. The zero-order chi connectivity index (χ0) is 18.4. The molecule has 2 heterocycles. The molecule has 25 heavy (non-hydrogen) atoms. The predicted octanol–water partition coefficient (Wildman–Crippen LogP) is 0.0825. The van der Waals surface area contributed by atoms with Crippen molar-refractivity contribution in [2.24, 2.45) is 7.05 Å². The Hall–Kier alpha value is -2.17. The quantitative estimate of drug-likeness (QED) is 0.702. The Bertz CT molecular complexity index is 975. The molecule has 1 aromatic heterocycles. The highest BCUT2D eigenvalue weighted by molar-refractivity contribution is 7.89. The van der Waals surface area contributed by atoms with E-state index in [0.717, 1.165) is 4.31 Å². The van der Waals surface area contributed by atoms with E-state index in [2.05, 4.69) is 0 Å². The van der Waals surface area contributed by atoms with Crippen LogP contribution in [0.2, 0.25) is 0 Å². The van der Waals surface area contributed by atoms with Crippen LogP contribution in [-0.2, 0) is 31.3 Å². The second-order valence-electron chi connectivity index (χ2n) is 5.76. The van der Waals surface area contributed by atoms with Gasteiger partial charge in [0, 0.05) is 27.1 Å². The molecule has 0 saturated carbocycles. The number of oxazole rings is 1. The first-order valence-corrected chi connectivity index (χ1v) is 8.95. The number of rotatable bonds is 4. The van der Waals surface area contributed by atoms with Crippen molar-refractivity contribution >= 4 is 27.1 Å². The highest BCUT2D eigenvalue weighted by Gasteiger charge is 2.44. The van der Waals surface area contributed by atoms with Gasteiger partial charge in [0.05, 0.1) is 23.6 Å². The highest BCUT2D eigenvalue weighted by atomic mass is 32.2. The lowest BCUT2D eigenvalue weighted by atomic mass is 10.2. The van der Waals surface area contributed by atoms with Gasteiger partial charge in [0.2, 0.25) is 10.0 Å². The van der Waals surface area contributed by atoms with Crippen LogP contribution in [0, 0.1) is 0 Å². The molecule has 1 fully saturated rings. The summed E-state index contributed by atoms with van der Waals surface area (Å²) in [6, 6.07) is 3.16. The fourth-order valence-corrected chi connectivity index (χ4v) is 4.60. The summed E-state index contributed by atoms with van der Waals surface area (Å²) in [4.78, 5) is 23.5. The lowest BCUT2D eigenvalue weighted by Crippen LogP contribution is -2.41. The second-order valence-corrected chi connectivity index (χ2v) is 7.65. The Balaban J connectivity index is 2.06. The van der Waals surface area contributed by atoms with E-state index in [0.29, 0.717) is 5.52 Å². The number of aromatic nitrogens is 1. The molecule has 2 atom stereocenters. The topological polar surface area (TPSA) is 108 Å². The number of benzene rings is 1. The van der Waals surface area contributed by atoms with E-state index in [1.54, 1.807) is 0 Å². The van der Waals surface area contributed by atoms with Crippen molar-refractivity contribution in [3.63, 3.8) is 0 Å². The maximum atomic E-state index is 13.0. The molecule has 0 spiro atoms. The lowest BCUT2D eigenvalue weighted by molar-refractivity contribution is -0.144. The second kappa shape index (κ2) is 6.28. The first-order valence-electron chi connectivity index (χ1n) is 7.51. The first kappa shape index (κ1) is 17.6. The molecule has 1 aliphatic heterocycles. The van der Waals surface area contributed by atoms with Crippen molar-refractivity contribution in [1.82, 2.24) is 8.87 Å². The molecule has 1 aliphatic rings. The number of fused-ring (bicyclic) bond motifs is 1. The molecular weight excluding hydrogens is 352 g/mol. The molecule has 10 heteroatoms. The average molecular weight is 370 g/mol. The molecule has 1 saturated heterocycles. The number of aryl methyl sites for hydroxylation is 1. The van der Waals surface area contributed by atoms with E-state index < -0.39 is 33.9 Å². The van der Waals surface area contributed by atoms with E-state index in [1.165, 1.54) is 44.0 Å². The van der Waals surface area contributed by atoms with Crippen LogP contribution in [0.3, 0.4) is 0 Å². The van der Waals surface area contributed by atoms with Crippen LogP contribution in [0.4, 0.5) is 0 Å². The van der Waals surface area contributed by atoms with Gasteiger partial charge in [0.25, 0.3) is 0 Å². The van der Waals surface area contributed by atoms with Crippen molar-refractivity contribution < 1.29 is 27.1 Å². The Morgan fingerprint density at radius 1 is 1.32 bits per heavy atom. The van der Waals surface area contributed by atoms with E-state index in [-0.39, 0.29) is 23.4 Å². The normalized spacial score (nSPS) is 21.7. The Kier molecular flexibility index (Phi) is 4.43. The maximum Gasteiger partial charge on any atom is 0.419 e. The molecule has 136 valence electrons. The number of carbonyl (C=O) groups excluding carboxylic acids is 1. The molecule has 0 radical (unpaired) electrons. The van der Waals surface area contributed by atoms with Gasteiger partial charge in [-0.05, 0) is 18.2 Å². The molecule has 3 rings (SSSR count). The third-order valence-corrected chi connectivity index (χ3v) is 6.26. The number of sulfonamides is 1. The third kappa shape index (κ3) is 2.86. The number of ether oxygens (including phenoxy) is 2. The minimum Gasteiger partial charge on any atom is -0.468 e. The maximum absolute atomic E-state index is 13.0. The van der Waals surface area contributed by atoms with Gasteiger partial charge in [-0.3, -0.25) is 9.36 Å². The molecule has 9 nitrogen and oxygen atoms in total. The SMILES string of the molecule is COC(=O)[C@@H]1C[C@H](OC)CN1S(=O)(=O)c1ccc2oc(=O)n(C)c2c1. The van der Waals surface area contributed by atoms with Crippen molar-refractivity contribution in [3.8, 4) is 0 Å². The van der Waals surface area contributed by atoms with E-state index >= 15 is 0 Å². The van der Waals surface area contributed by atoms with Crippen LogP contribution < -0.4 is 5.76 Å². The summed E-state index contributed by atoms with van der Waals surface area (Å²) in [6.07, 6.45) is -0.185. The van der Waals surface area contributed by atoms with Crippen LogP contribution in [-0.4, -0.2) is 56.2 Å². The lowest BCUT2D eigenvalue weighted by Gasteiger charge is -2.21. The number of methoxy groups -OCH3 is 2. The van der Waals surface area contributed by atoms with E-state index in [1.807, 2.05) is 0 Å². The van der Waals surface area contributed by atoms with Gasteiger partial charge in [0.1, 0.15) is 6.04 Å². The van der Waals surface area contributed by atoms with Crippen LogP contribution in [0.15, 0.2) is 32.3 Å². The summed E-state index contributed by atoms with van der Waals surface area (Å²) in [6.45, 7) is 0.0426. The van der Waals surface area contributed by atoms with Crippen molar-refractivity contribution in [1.29, 1.82) is 0 Å². The van der Waals surface area contributed by atoms with Gasteiger partial charge in [-0.25, -0.2) is 13.2 Å². The summed E-state index contributed by atoms with van der Waals surface area (Å²) in [5.74, 6) is -1.22. The van der Waals surface area contributed by atoms with Gasteiger partial charge in [-0.15, -0.1) is 0 Å². The highest BCUT2D eigenvalue weighted by Crippen LogP contribution is 2.29. The Morgan fingerprint density at radius 2 is 2.04 bits per heavy atom. The van der Waals surface area contributed by atoms with E-state index in [9.17, 15) is 18.0 Å². The average Bonchev–Trinajstić information content (AvgIpc) is 3.16. The molecule has 0 aliphatic carbocycles. The summed E-state index contributed by atoms with van der Waals surface area (Å²) in [7, 11) is 0.165. The number of carbonyl (C=O) groups is 1. The minimum absolute atomic E-state index is 0.0398. The summed E-state index contributed by atoms with van der Waals surface area (Å²) in [5, 5.41) is 0. The fraction of sp³-hybridized carbons (Fsp3) is 0.467. The fourth-order valence-electron chi connectivity index (χ4n) is 2.96. The summed E-state index contributed by atoms with van der Waals surface area (Å²) >= 11 is 0. The van der Waals surface area contributed by atoms with Crippen molar-refractivity contribution in [3.05, 3.63) is 28.7 Å². The van der Waals surface area contributed by atoms with Crippen LogP contribution in [0.5, 0.6) is 0 Å². The van der Waals surface area contributed by atoms with Crippen LogP contribution >= 0.6 is 0 Å². The van der Waals surface area contributed by atoms with Gasteiger partial charge >= 0.3 is 11.7 Å². The molecule has 1 aromatic carbocycles. The molecule has 0 N–H and O–H groups in total. The first-order chi connectivity index (χ1) is 11.8. The predicted molar refractivity (Wildman–Crippen MR) is 86.6 cm³/mol. The van der Waals surface area contributed by atoms with Crippen LogP contribution in [0.25, 0.3) is 11.1 Å².